The maximum absolute atomic E-state index is 12.0. The number of aryl methyl sites for hydroxylation is 1. The Bertz CT molecular complexity index is 657. The van der Waals surface area contributed by atoms with Crippen molar-refractivity contribution in [3.05, 3.63) is 64.2 Å². The van der Waals surface area contributed by atoms with Gasteiger partial charge < -0.3 is 5.32 Å². The summed E-state index contributed by atoms with van der Waals surface area (Å²) in [4.78, 5) is 12.0. The lowest BCUT2D eigenvalue weighted by Gasteiger charge is -2.08. The number of benzene rings is 2. The predicted molar refractivity (Wildman–Crippen MR) is 75.3 cm³/mol. The molecular formula is C15H11ClN2O. The molecule has 94 valence electrons. The van der Waals surface area contributed by atoms with Gasteiger partial charge in [0.1, 0.15) is 0 Å². The number of carbonyl (C=O) groups excluding carboxylic acids is 1. The predicted octanol–water partition coefficient (Wildman–Crippen LogP) is 3.77. The fraction of sp³-hybridized carbons (Fsp3) is 0.0667. The Labute approximate surface area is 116 Å². The third-order valence-corrected chi connectivity index (χ3v) is 2.97. The first kappa shape index (κ1) is 13.1. The molecule has 19 heavy (non-hydrogen) atoms. The van der Waals surface area contributed by atoms with Crippen LogP contribution in [-0.4, -0.2) is 5.91 Å². The van der Waals surface area contributed by atoms with Crippen molar-refractivity contribution in [2.24, 2.45) is 0 Å². The fourth-order valence-electron chi connectivity index (χ4n) is 1.62. The Kier molecular flexibility index (Phi) is 3.84. The molecule has 0 bridgehead atoms. The minimum Gasteiger partial charge on any atom is -0.322 e. The Balaban J connectivity index is 2.24. The summed E-state index contributed by atoms with van der Waals surface area (Å²) in [7, 11) is 0. The Morgan fingerprint density at radius 3 is 2.53 bits per heavy atom. The lowest BCUT2D eigenvalue weighted by molar-refractivity contribution is 0.102. The van der Waals surface area contributed by atoms with Crippen molar-refractivity contribution < 1.29 is 4.79 Å². The number of rotatable bonds is 2. The van der Waals surface area contributed by atoms with E-state index in [1.807, 2.05) is 13.0 Å². The maximum atomic E-state index is 12.0. The van der Waals surface area contributed by atoms with Gasteiger partial charge in [-0.15, -0.1) is 0 Å². The van der Waals surface area contributed by atoms with Crippen LogP contribution in [0.2, 0.25) is 5.02 Å². The standard InChI is InChI=1S/C15H11ClN2O/c1-10-2-3-11(9-17)8-14(10)18-15(19)12-4-6-13(16)7-5-12/h2-8H,1H3,(H,18,19). The van der Waals surface area contributed by atoms with Crippen LogP contribution in [0.1, 0.15) is 21.5 Å². The molecule has 0 spiro atoms. The molecule has 3 nitrogen and oxygen atoms in total. The summed E-state index contributed by atoms with van der Waals surface area (Å²) in [5.74, 6) is -0.227. The minimum atomic E-state index is -0.227. The molecule has 0 aliphatic heterocycles. The second-order valence-electron chi connectivity index (χ2n) is 4.10. The average Bonchev–Trinajstić information content (AvgIpc) is 2.42. The highest BCUT2D eigenvalue weighted by Crippen LogP contribution is 2.18. The molecule has 1 amide bonds. The molecule has 0 aromatic heterocycles. The zero-order chi connectivity index (χ0) is 13.8. The van der Waals surface area contributed by atoms with E-state index < -0.39 is 0 Å². The van der Waals surface area contributed by atoms with Crippen molar-refractivity contribution in [1.82, 2.24) is 0 Å². The molecule has 4 heteroatoms. The van der Waals surface area contributed by atoms with E-state index in [0.29, 0.717) is 21.8 Å². The van der Waals surface area contributed by atoms with Crippen LogP contribution < -0.4 is 5.32 Å². The zero-order valence-corrected chi connectivity index (χ0v) is 11.0. The quantitative estimate of drug-likeness (QED) is 0.903. The van der Waals surface area contributed by atoms with Crippen molar-refractivity contribution in [1.29, 1.82) is 5.26 Å². The Morgan fingerprint density at radius 2 is 1.89 bits per heavy atom. The van der Waals surface area contributed by atoms with Gasteiger partial charge in [0.05, 0.1) is 11.6 Å². The topological polar surface area (TPSA) is 52.9 Å². The van der Waals surface area contributed by atoms with Gasteiger partial charge in [0, 0.05) is 16.3 Å². The highest BCUT2D eigenvalue weighted by molar-refractivity contribution is 6.30. The van der Waals surface area contributed by atoms with E-state index in [1.54, 1.807) is 42.5 Å². The summed E-state index contributed by atoms with van der Waals surface area (Å²) in [6.45, 7) is 1.87. The molecule has 0 heterocycles. The number of nitriles is 1. The first-order chi connectivity index (χ1) is 9.10. The van der Waals surface area contributed by atoms with Gasteiger partial charge in [-0.2, -0.15) is 5.26 Å². The smallest absolute Gasteiger partial charge is 0.255 e. The van der Waals surface area contributed by atoms with Crippen molar-refractivity contribution in [3.63, 3.8) is 0 Å². The third-order valence-electron chi connectivity index (χ3n) is 2.72. The van der Waals surface area contributed by atoms with Gasteiger partial charge in [0.2, 0.25) is 0 Å². The molecule has 0 aliphatic carbocycles. The number of nitrogens with one attached hydrogen (secondary N) is 1. The molecule has 0 atom stereocenters. The highest BCUT2D eigenvalue weighted by atomic mass is 35.5. The second kappa shape index (κ2) is 5.55. The van der Waals surface area contributed by atoms with Crippen LogP contribution in [0.5, 0.6) is 0 Å². The molecule has 0 saturated heterocycles. The van der Waals surface area contributed by atoms with Crippen LogP contribution in [-0.2, 0) is 0 Å². The summed E-state index contributed by atoms with van der Waals surface area (Å²) in [5, 5.41) is 12.2. The molecular weight excluding hydrogens is 260 g/mol. The van der Waals surface area contributed by atoms with Gasteiger partial charge in [-0.1, -0.05) is 17.7 Å². The minimum absolute atomic E-state index is 0.227. The van der Waals surface area contributed by atoms with E-state index in [2.05, 4.69) is 5.32 Å². The van der Waals surface area contributed by atoms with Crippen LogP contribution in [0.4, 0.5) is 5.69 Å². The van der Waals surface area contributed by atoms with Crippen LogP contribution in [0.15, 0.2) is 42.5 Å². The Hall–Kier alpha value is -2.31. The number of nitrogens with zero attached hydrogens (tertiary/aromatic N) is 1. The van der Waals surface area contributed by atoms with Gasteiger partial charge >= 0.3 is 0 Å². The highest BCUT2D eigenvalue weighted by Gasteiger charge is 2.08. The normalized spacial score (nSPS) is 9.74. The molecule has 0 fully saturated rings. The fourth-order valence-corrected chi connectivity index (χ4v) is 1.75. The molecule has 0 saturated carbocycles. The average molecular weight is 271 g/mol. The van der Waals surface area contributed by atoms with Crippen molar-refractivity contribution >= 4 is 23.2 Å². The first-order valence-electron chi connectivity index (χ1n) is 5.68. The zero-order valence-electron chi connectivity index (χ0n) is 10.3. The van der Waals surface area contributed by atoms with Gasteiger partial charge in [-0.3, -0.25) is 4.79 Å². The van der Waals surface area contributed by atoms with Gasteiger partial charge in [0.25, 0.3) is 5.91 Å². The van der Waals surface area contributed by atoms with Gasteiger partial charge in [-0.05, 0) is 48.9 Å². The van der Waals surface area contributed by atoms with Crippen LogP contribution >= 0.6 is 11.6 Å². The van der Waals surface area contributed by atoms with Crippen molar-refractivity contribution in [3.8, 4) is 6.07 Å². The van der Waals surface area contributed by atoms with Crippen molar-refractivity contribution in [2.75, 3.05) is 5.32 Å². The first-order valence-corrected chi connectivity index (χ1v) is 6.05. The number of carbonyl (C=O) groups is 1. The van der Waals surface area contributed by atoms with E-state index in [4.69, 9.17) is 16.9 Å². The van der Waals surface area contributed by atoms with Crippen LogP contribution in [0.3, 0.4) is 0 Å². The van der Waals surface area contributed by atoms with Crippen LogP contribution in [0, 0.1) is 18.3 Å². The lowest BCUT2D eigenvalue weighted by Crippen LogP contribution is -2.12. The number of amides is 1. The van der Waals surface area contributed by atoms with E-state index in [-0.39, 0.29) is 5.91 Å². The summed E-state index contributed by atoms with van der Waals surface area (Å²) >= 11 is 5.77. The Morgan fingerprint density at radius 1 is 1.21 bits per heavy atom. The van der Waals surface area contributed by atoms with E-state index >= 15 is 0 Å². The van der Waals surface area contributed by atoms with Gasteiger partial charge in [-0.25, -0.2) is 0 Å². The number of halogens is 1. The summed E-state index contributed by atoms with van der Waals surface area (Å²) < 4.78 is 0. The lowest BCUT2D eigenvalue weighted by atomic mass is 10.1. The number of hydrogen-bond acceptors (Lipinski definition) is 2. The molecule has 2 rings (SSSR count). The molecule has 0 radical (unpaired) electrons. The summed E-state index contributed by atoms with van der Waals surface area (Å²) in [6, 6.07) is 13.9. The second-order valence-corrected chi connectivity index (χ2v) is 4.54. The number of anilines is 1. The monoisotopic (exact) mass is 270 g/mol. The number of hydrogen-bond donors (Lipinski definition) is 1. The van der Waals surface area contributed by atoms with E-state index in [9.17, 15) is 4.79 Å². The van der Waals surface area contributed by atoms with E-state index in [0.717, 1.165) is 5.56 Å². The maximum Gasteiger partial charge on any atom is 0.255 e. The molecule has 0 aliphatic rings. The third kappa shape index (κ3) is 3.12. The van der Waals surface area contributed by atoms with Crippen molar-refractivity contribution in [2.45, 2.75) is 6.92 Å². The van der Waals surface area contributed by atoms with E-state index in [1.165, 1.54) is 0 Å². The van der Waals surface area contributed by atoms with Crippen LogP contribution in [0.25, 0.3) is 0 Å². The SMILES string of the molecule is Cc1ccc(C#N)cc1NC(=O)c1ccc(Cl)cc1. The molecule has 1 N–H and O–H groups in total. The molecule has 2 aromatic rings. The largest absolute Gasteiger partial charge is 0.322 e. The summed E-state index contributed by atoms with van der Waals surface area (Å²) in [5.41, 5.74) is 2.57. The molecule has 0 unspecified atom stereocenters. The van der Waals surface area contributed by atoms with Gasteiger partial charge in [0.15, 0.2) is 0 Å². The molecule has 2 aromatic carbocycles. The summed E-state index contributed by atoms with van der Waals surface area (Å²) in [6.07, 6.45) is 0.